The van der Waals surface area contributed by atoms with E-state index >= 15 is 0 Å². The molecule has 2 aromatic heterocycles. The van der Waals surface area contributed by atoms with E-state index in [1.807, 2.05) is 67.6 Å². The standard InChI is InChI=1S/C26H21N5O2S/c1-17-15-23(31-26(27-17)29-24(30-31)18-9-4-3-5-10-18)34-22-14-7-6-13-21(22)28-25(32)19-11-8-12-20(16-19)33-2/h3-16H,1-2H3,(H,28,32). The van der Waals surface area contributed by atoms with Gasteiger partial charge >= 0.3 is 0 Å². The maximum atomic E-state index is 12.9. The molecule has 0 spiro atoms. The minimum absolute atomic E-state index is 0.213. The highest BCUT2D eigenvalue weighted by molar-refractivity contribution is 7.99. The zero-order chi connectivity index (χ0) is 23.5. The second kappa shape index (κ2) is 9.36. The van der Waals surface area contributed by atoms with Gasteiger partial charge in [0.2, 0.25) is 0 Å². The molecule has 0 unspecified atom stereocenters. The van der Waals surface area contributed by atoms with Crippen LogP contribution >= 0.6 is 11.8 Å². The van der Waals surface area contributed by atoms with Crippen molar-refractivity contribution in [1.82, 2.24) is 19.6 Å². The summed E-state index contributed by atoms with van der Waals surface area (Å²) >= 11 is 1.49. The monoisotopic (exact) mass is 467 g/mol. The van der Waals surface area contributed by atoms with E-state index in [9.17, 15) is 4.79 Å². The zero-order valence-electron chi connectivity index (χ0n) is 18.6. The topological polar surface area (TPSA) is 81.4 Å². The molecule has 0 fully saturated rings. The molecule has 0 saturated carbocycles. The molecule has 7 nitrogen and oxygen atoms in total. The molecular weight excluding hydrogens is 446 g/mol. The number of nitrogens with one attached hydrogen (secondary N) is 1. The van der Waals surface area contributed by atoms with Crippen molar-refractivity contribution >= 4 is 29.1 Å². The molecule has 1 amide bonds. The number of benzene rings is 3. The Hall–Kier alpha value is -4.17. The van der Waals surface area contributed by atoms with E-state index in [0.717, 1.165) is 21.2 Å². The lowest BCUT2D eigenvalue weighted by atomic mass is 10.2. The summed E-state index contributed by atoms with van der Waals surface area (Å²) in [5.41, 5.74) is 2.98. The van der Waals surface area contributed by atoms with Crippen molar-refractivity contribution in [3.8, 4) is 17.1 Å². The lowest BCUT2D eigenvalue weighted by molar-refractivity contribution is 0.102. The molecule has 34 heavy (non-hydrogen) atoms. The number of ether oxygens (including phenoxy) is 1. The number of carbonyl (C=O) groups excluding carboxylic acids is 1. The van der Waals surface area contributed by atoms with Gasteiger partial charge in [0.15, 0.2) is 5.82 Å². The number of hydrogen-bond donors (Lipinski definition) is 1. The molecule has 0 aliphatic carbocycles. The summed E-state index contributed by atoms with van der Waals surface area (Å²) in [5, 5.41) is 8.56. The fraction of sp³-hybridized carbons (Fsp3) is 0.0769. The van der Waals surface area contributed by atoms with Crippen LogP contribution in [0.4, 0.5) is 5.69 Å². The molecule has 0 saturated heterocycles. The van der Waals surface area contributed by atoms with Gasteiger partial charge in [-0.15, -0.1) is 5.10 Å². The van der Waals surface area contributed by atoms with Crippen molar-refractivity contribution in [2.75, 3.05) is 12.4 Å². The Balaban J connectivity index is 1.47. The van der Waals surface area contributed by atoms with Crippen LogP contribution in [0, 0.1) is 6.92 Å². The normalized spacial score (nSPS) is 10.9. The third-order valence-electron chi connectivity index (χ3n) is 5.12. The van der Waals surface area contributed by atoms with Crippen LogP contribution in [-0.2, 0) is 0 Å². The molecule has 168 valence electrons. The summed E-state index contributed by atoms with van der Waals surface area (Å²) < 4.78 is 6.98. The quantitative estimate of drug-likeness (QED) is 0.332. The molecule has 0 bridgehead atoms. The summed E-state index contributed by atoms with van der Waals surface area (Å²) in [4.78, 5) is 22.9. The van der Waals surface area contributed by atoms with Crippen molar-refractivity contribution in [3.63, 3.8) is 0 Å². The van der Waals surface area contributed by atoms with Gasteiger partial charge < -0.3 is 10.1 Å². The van der Waals surface area contributed by atoms with Crippen LogP contribution in [-0.4, -0.2) is 32.6 Å². The Morgan fingerprint density at radius 1 is 0.941 bits per heavy atom. The van der Waals surface area contributed by atoms with Gasteiger partial charge in [0.1, 0.15) is 10.8 Å². The van der Waals surface area contributed by atoms with E-state index in [4.69, 9.17) is 9.84 Å². The van der Waals surface area contributed by atoms with Crippen LogP contribution in [0.5, 0.6) is 5.75 Å². The van der Waals surface area contributed by atoms with Crippen molar-refractivity contribution < 1.29 is 9.53 Å². The molecule has 0 aliphatic heterocycles. The van der Waals surface area contributed by atoms with Crippen LogP contribution in [0.15, 0.2) is 94.9 Å². The summed E-state index contributed by atoms with van der Waals surface area (Å²) in [5.74, 6) is 1.56. The van der Waals surface area contributed by atoms with Crippen LogP contribution in [0.3, 0.4) is 0 Å². The molecule has 0 atom stereocenters. The van der Waals surface area contributed by atoms with Crippen molar-refractivity contribution in [2.24, 2.45) is 0 Å². The van der Waals surface area contributed by atoms with Gasteiger partial charge in [-0.3, -0.25) is 4.79 Å². The average Bonchev–Trinajstić information content (AvgIpc) is 3.30. The second-order valence-electron chi connectivity index (χ2n) is 7.53. The fourth-order valence-corrected chi connectivity index (χ4v) is 4.51. The van der Waals surface area contributed by atoms with E-state index in [1.165, 1.54) is 11.8 Å². The first-order valence-electron chi connectivity index (χ1n) is 10.6. The van der Waals surface area contributed by atoms with Gasteiger partial charge in [-0.05, 0) is 43.3 Å². The predicted octanol–water partition coefficient (Wildman–Crippen LogP) is 5.51. The van der Waals surface area contributed by atoms with Crippen LogP contribution in [0.2, 0.25) is 0 Å². The fourth-order valence-electron chi connectivity index (χ4n) is 3.47. The largest absolute Gasteiger partial charge is 0.497 e. The highest BCUT2D eigenvalue weighted by atomic mass is 32.2. The minimum atomic E-state index is -0.213. The molecule has 5 aromatic rings. The van der Waals surface area contributed by atoms with E-state index in [2.05, 4.69) is 15.3 Å². The Bertz CT molecular complexity index is 1480. The smallest absolute Gasteiger partial charge is 0.255 e. The summed E-state index contributed by atoms with van der Waals surface area (Å²) in [7, 11) is 1.58. The number of amides is 1. The number of methoxy groups -OCH3 is 1. The number of aromatic nitrogens is 4. The molecule has 5 rings (SSSR count). The maximum absolute atomic E-state index is 12.9. The Kier molecular flexibility index (Phi) is 5.97. The first-order chi connectivity index (χ1) is 16.6. The SMILES string of the molecule is COc1cccc(C(=O)Nc2ccccc2Sc2cc(C)nc3nc(-c4ccccc4)nn23)c1. The molecule has 0 aliphatic rings. The van der Waals surface area contributed by atoms with E-state index in [1.54, 1.807) is 35.9 Å². The highest BCUT2D eigenvalue weighted by Crippen LogP contribution is 2.34. The van der Waals surface area contributed by atoms with E-state index in [0.29, 0.717) is 28.6 Å². The summed E-state index contributed by atoms with van der Waals surface area (Å²) in [6.45, 7) is 1.93. The molecule has 8 heteroatoms. The number of para-hydroxylation sites is 1. The number of nitrogens with zero attached hydrogens (tertiary/aromatic N) is 4. The maximum Gasteiger partial charge on any atom is 0.255 e. The van der Waals surface area contributed by atoms with Gasteiger partial charge in [-0.1, -0.05) is 60.3 Å². The number of aryl methyl sites for hydroxylation is 1. The summed E-state index contributed by atoms with van der Waals surface area (Å²) in [6.07, 6.45) is 0. The Morgan fingerprint density at radius 3 is 2.56 bits per heavy atom. The highest BCUT2D eigenvalue weighted by Gasteiger charge is 2.15. The zero-order valence-corrected chi connectivity index (χ0v) is 19.4. The van der Waals surface area contributed by atoms with Crippen molar-refractivity contribution in [2.45, 2.75) is 16.8 Å². The van der Waals surface area contributed by atoms with E-state index < -0.39 is 0 Å². The second-order valence-corrected chi connectivity index (χ2v) is 8.60. The molecule has 0 radical (unpaired) electrons. The van der Waals surface area contributed by atoms with Gasteiger partial charge in [-0.2, -0.15) is 9.50 Å². The lowest BCUT2D eigenvalue weighted by Gasteiger charge is -2.12. The Labute approximate surface area is 200 Å². The number of anilines is 1. The third-order valence-corrected chi connectivity index (χ3v) is 6.20. The number of fused-ring (bicyclic) bond motifs is 1. The molecule has 3 aromatic carbocycles. The average molecular weight is 468 g/mol. The molecule has 2 heterocycles. The van der Waals surface area contributed by atoms with Crippen LogP contribution in [0.25, 0.3) is 17.2 Å². The molecular formula is C26H21N5O2S. The van der Waals surface area contributed by atoms with Crippen LogP contribution < -0.4 is 10.1 Å². The van der Waals surface area contributed by atoms with Crippen molar-refractivity contribution in [3.05, 3.63) is 96.2 Å². The third kappa shape index (κ3) is 4.49. The van der Waals surface area contributed by atoms with Crippen molar-refractivity contribution in [1.29, 1.82) is 0 Å². The van der Waals surface area contributed by atoms with Gasteiger partial charge in [0, 0.05) is 21.7 Å². The van der Waals surface area contributed by atoms with Gasteiger partial charge in [0.25, 0.3) is 11.7 Å². The Morgan fingerprint density at radius 2 is 1.74 bits per heavy atom. The summed E-state index contributed by atoms with van der Waals surface area (Å²) in [6, 6.07) is 26.5. The lowest BCUT2D eigenvalue weighted by Crippen LogP contribution is -2.12. The minimum Gasteiger partial charge on any atom is -0.497 e. The van der Waals surface area contributed by atoms with Gasteiger partial charge in [-0.25, -0.2) is 4.98 Å². The number of rotatable bonds is 6. The molecule has 1 N–H and O–H groups in total. The first-order valence-corrected chi connectivity index (χ1v) is 11.4. The van der Waals surface area contributed by atoms with E-state index in [-0.39, 0.29) is 5.91 Å². The number of hydrogen-bond acceptors (Lipinski definition) is 6. The predicted molar refractivity (Wildman–Crippen MR) is 132 cm³/mol. The van der Waals surface area contributed by atoms with Gasteiger partial charge in [0.05, 0.1) is 12.8 Å². The van der Waals surface area contributed by atoms with Crippen LogP contribution in [0.1, 0.15) is 16.1 Å². The number of carbonyl (C=O) groups is 1. The first kappa shape index (κ1) is 21.7.